The summed E-state index contributed by atoms with van der Waals surface area (Å²) in [6.07, 6.45) is 1.39. The van der Waals surface area contributed by atoms with E-state index in [9.17, 15) is 14.7 Å². The second-order valence-electron chi connectivity index (χ2n) is 8.69. The third-order valence-electron chi connectivity index (χ3n) is 6.01. The summed E-state index contributed by atoms with van der Waals surface area (Å²) < 4.78 is 5.28. The average Bonchev–Trinajstić information content (AvgIpc) is 3.16. The van der Waals surface area contributed by atoms with Crippen molar-refractivity contribution < 1.29 is 19.4 Å². The zero-order valence-electron chi connectivity index (χ0n) is 19.4. The summed E-state index contributed by atoms with van der Waals surface area (Å²) in [4.78, 5) is 35.9. The number of ether oxygens (including phenoxy) is 1. The molecule has 0 unspecified atom stereocenters. The monoisotopic (exact) mass is 514 g/mol. The molecule has 0 aliphatic carbocycles. The maximum Gasteiger partial charge on any atom is 0.255 e. The zero-order chi connectivity index (χ0) is 25.3. The number of aromatic nitrogens is 2. The Balaban J connectivity index is 1.56. The van der Waals surface area contributed by atoms with Gasteiger partial charge in [0, 0.05) is 17.7 Å². The van der Waals surface area contributed by atoms with Gasteiger partial charge in [0.15, 0.2) is 0 Å². The van der Waals surface area contributed by atoms with Crippen molar-refractivity contribution in [1.82, 2.24) is 20.2 Å². The first kappa shape index (κ1) is 24.9. The van der Waals surface area contributed by atoms with E-state index in [0.29, 0.717) is 27.6 Å². The predicted octanol–water partition coefficient (Wildman–Crippen LogP) is 3.83. The Morgan fingerprint density at radius 1 is 1.26 bits per heavy atom. The van der Waals surface area contributed by atoms with Gasteiger partial charge in [-0.25, -0.2) is 9.97 Å². The van der Waals surface area contributed by atoms with Crippen LogP contribution in [0.15, 0.2) is 48.7 Å². The maximum absolute atomic E-state index is 13.3. The third-order valence-corrected chi connectivity index (χ3v) is 6.47. The van der Waals surface area contributed by atoms with Gasteiger partial charge in [0.25, 0.3) is 5.91 Å². The molecule has 0 saturated carbocycles. The Kier molecular flexibility index (Phi) is 6.98. The van der Waals surface area contributed by atoms with E-state index in [0.717, 1.165) is 11.1 Å². The molecule has 2 aromatic carbocycles. The number of methoxy groups -OCH3 is 1. The summed E-state index contributed by atoms with van der Waals surface area (Å²) in [5.41, 5.74) is 2.18. The number of rotatable bonds is 7. The van der Waals surface area contributed by atoms with Gasteiger partial charge in [-0.05, 0) is 54.8 Å². The van der Waals surface area contributed by atoms with E-state index < -0.39 is 24.1 Å². The summed E-state index contributed by atoms with van der Waals surface area (Å²) >= 11 is 12.1. The Morgan fingerprint density at radius 2 is 2.03 bits per heavy atom. The number of aliphatic hydroxyl groups is 1. The first-order valence-corrected chi connectivity index (χ1v) is 11.6. The molecular weight excluding hydrogens is 491 g/mol. The SMILES string of the molecule is COc1cccc(C(C)(C)NC(=O)[C@@H](CO)N2Cc3ccc(-c4nc(Cl)ncc4Cl)cc3C2=O)c1. The van der Waals surface area contributed by atoms with Crippen LogP contribution in [0.4, 0.5) is 0 Å². The number of hydrogen-bond acceptors (Lipinski definition) is 6. The second-order valence-corrected chi connectivity index (χ2v) is 9.43. The second kappa shape index (κ2) is 9.81. The molecule has 1 atom stereocenters. The molecule has 3 aromatic rings. The molecular formula is C25H24Cl2N4O4. The molecule has 1 aliphatic rings. The molecule has 1 aliphatic heterocycles. The normalized spacial score (nSPS) is 14.0. The summed E-state index contributed by atoms with van der Waals surface area (Å²) in [5.74, 6) is -0.173. The molecule has 0 spiro atoms. The average molecular weight is 515 g/mol. The molecule has 1 aromatic heterocycles. The highest BCUT2D eigenvalue weighted by atomic mass is 35.5. The number of benzene rings is 2. The minimum atomic E-state index is -1.07. The van der Waals surface area contributed by atoms with Crippen LogP contribution in [0.2, 0.25) is 10.3 Å². The number of halogens is 2. The van der Waals surface area contributed by atoms with Gasteiger partial charge in [-0.2, -0.15) is 0 Å². The lowest BCUT2D eigenvalue weighted by molar-refractivity contribution is -0.128. The topological polar surface area (TPSA) is 105 Å². The van der Waals surface area contributed by atoms with E-state index in [1.165, 1.54) is 11.1 Å². The van der Waals surface area contributed by atoms with Crippen molar-refractivity contribution in [3.63, 3.8) is 0 Å². The van der Waals surface area contributed by atoms with Crippen LogP contribution in [0.25, 0.3) is 11.3 Å². The fraction of sp³-hybridized carbons (Fsp3) is 0.280. The molecule has 2 N–H and O–H groups in total. The molecule has 182 valence electrons. The lowest BCUT2D eigenvalue weighted by atomic mass is 9.93. The van der Waals surface area contributed by atoms with Gasteiger partial charge in [-0.1, -0.05) is 35.9 Å². The van der Waals surface area contributed by atoms with Crippen molar-refractivity contribution in [1.29, 1.82) is 0 Å². The van der Waals surface area contributed by atoms with Crippen molar-refractivity contribution in [3.05, 3.63) is 75.7 Å². The molecule has 2 heterocycles. The van der Waals surface area contributed by atoms with Gasteiger partial charge >= 0.3 is 0 Å². The first-order valence-electron chi connectivity index (χ1n) is 10.8. The number of nitrogens with one attached hydrogen (secondary N) is 1. The summed E-state index contributed by atoms with van der Waals surface area (Å²) in [6, 6.07) is 11.5. The number of nitrogens with zero attached hydrogens (tertiary/aromatic N) is 3. The molecule has 0 bridgehead atoms. The highest BCUT2D eigenvalue weighted by Gasteiger charge is 2.38. The fourth-order valence-electron chi connectivity index (χ4n) is 4.07. The van der Waals surface area contributed by atoms with Crippen molar-refractivity contribution in [2.24, 2.45) is 0 Å². The quantitative estimate of drug-likeness (QED) is 0.464. The molecule has 8 nitrogen and oxygen atoms in total. The summed E-state index contributed by atoms with van der Waals surface area (Å²) in [5, 5.41) is 13.4. The number of amides is 2. The largest absolute Gasteiger partial charge is 0.497 e. The van der Waals surface area contributed by atoms with E-state index in [1.807, 2.05) is 38.1 Å². The molecule has 10 heteroatoms. The molecule has 0 radical (unpaired) electrons. The van der Waals surface area contributed by atoms with Crippen LogP contribution in [0, 0.1) is 0 Å². The van der Waals surface area contributed by atoms with Crippen LogP contribution in [-0.4, -0.2) is 51.5 Å². The lowest BCUT2D eigenvalue weighted by Crippen LogP contribution is -2.53. The maximum atomic E-state index is 13.3. The summed E-state index contributed by atoms with van der Waals surface area (Å²) in [6.45, 7) is 3.35. The van der Waals surface area contributed by atoms with E-state index in [-0.39, 0.29) is 17.7 Å². The summed E-state index contributed by atoms with van der Waals surface area (Å²) in [7, 11) is 1.57. The van der Waals surface area contributed by atoms with Gasteiger partial charge in [-0.15, -0.1) is 0 Å². The number of aliphatic hydroxyl groups excluding tert-OH is 1. The van der Waals surface area contributed by atoms with Gasteiger partial charge in [0.1, 0.15) is 11.8 Å². The van der Waals surface area contributed by atoms with Crippen LogP contribution >= 0.6 is 23.2 Å². The van der Waals surface area contributed by atoms with Crippen LogP contribution in [-0.2, 0) is 16.9 Å². The molecule has 0 fully saturated rings. The Hall–Kier alpha value is -3.20. The fourth-order valence-corrected chi connectivity index (χ4v) is 4.40. The Labute approximate surface area is 212 Å². The molecule has 2 amide bonds. The van der Waals surface area contributed by atoms with Crippen LogP contribution in [0.5, 0.6) is 5.75 Å². The minimum absolute atomic E-state index is 0.0357. The Morgan fingerprint density at radius 3 is 2.74 bits per heavy atom. The van der Waals surface area contributed by atoms with E-state index >= 15 is 0 Å². The van der Waals surface area contributed by atoms with Gasteiger partial charge in [0.2, 0.25) is 11.2 Å². The minimum Gasteiger partial charge on any atom is -0.497 e. The smallest absolute Gasteiger partial charge is 0.255 e. The third kappa shape index (κ3) is 4.96. The van der Waals surface area contributed by atoms with Gasteiger partial charge in [-0.3, -0.25) is 9.59 Å². The first-order chi connectivity index (χ1) is 16.6. The van der Waals surface area contributed by atoms with Gasteiger partial charge < -0.3 is 20.1 Å². The van der Waals surface area contributed by atoms with Crippen molar-refractivity contribution >= 4 is 35.0 Å². The number of carbonyl (C=O) groups is 2. The van der Waals surface area contributed by atoms with E-state index in [4.69, 9.17) is 27.9 Å². The van der Waals surface area contributed by atoms with Crippen molar-refractivity contribution in [2.45, 2.75) is 32.0 Å². The number of hydrogen-bond donors (Lipinski definition) is 2. The van der Waals surface area contributed by atoms with Gasteiger partial charge in [0.05, 0.1) is 36.2 Å². The van der Waals surface area contributed by atoms with Crippen LogP contribution in [0.1, 0.15) is 35.3 Å². The Bertz CT molecular complexity index is 1300. The van der Waals surface area contributed by atoms with E-state index in [2.05, 4.69) is 15.3 Å². The van der Waals surface area contributed by atoms with Crippen molar-refractivity contribution in [2.75, 3.05) is 13.7 Å². The zero-order valence-corrected chi connectivity index (χ0v) is 20.9. The molecule has 0 saturated heterocycles. The predicted molar refractivity (Wildman–Crippen MR) is 132 cm³/mol. The highest BCUT2D eigenvalue weighted by molar-refractivity contribution is 6.33. The number of fused-ring (bicyclic) bond motifs is 1. The number of carbonyl (C=O) groups excluding carboxylic acids is 2. The highest BCUT2D eigenvalue weighted by Crippen LogP contribution is 2.32. The van der Waals surface area contributed by atoms with Crippen molar-refractivity contribution in [3.8, 4) is 17.0 Å². The standard InChI is InChI=1S/C25H24Cl2N4O4/c1-25(2,16-5-4-6-17(10-16)35-3)30-22(33)20(13-32)31-12-15-8-7-14(9-18(15)23(31)34)21-19(26)11-28-24(27)29-21/h4-11,20,32H,12-13H2,1-3H3,(H,30,33)/t20-/m1/s1. The molecule has 4 rings (SSSR count). The van der Waals surface area contributed by atoms with Crippen LogP contribution < -0.4 is 10.1 Å². The molecule has 35 heavy (non-hydrogen) atoms. The van der Waals surface area contributed by atoms with Crippen LogP contribution in [0.3, 0.4) is 0 Å². The van der Waals surface area contributed by atoms with E-state index in [1.54, 1.807) is 25.3 Å². The lowest BCUT2D eigenvalue weighted by Gasteiger charge is -2.32.